The minimum atomic E-state index is -3.09. The topological polar surface area (TPSA) is 80.4 Å². The van der Waals surface area contributed by atoms with Crippen molar-refractivity contribution in [1.29, 1.82) is 0 Å². The SMILES string of the molecule is CS(=O)(=O)CC(CN)c1ccccc1O. The van der Waals surface area contributed by atoms with Crippen LogP contribution in [-0.4, -0.2) is 32.1 Å². The molecule has 0 bridgehead atoms. The van der Waals surface area contributed by atoms with Gasteiger partial charge < -0.3 is 10.8 Å². The number of hydrogen-bond donors (Lipinski definition) is 2. The number of benzene rings is 1. The zero-order valence-corrected chi connectivity index (χ0v) is 9.37. The molecule has 1 atom stereocenters. The van der Waals surface area contributed by atoms with Gasteiger partial charge in [0.25, 0.3) is 0 Å². The van der Waals surface area contributed by atoms with E-state index in [9.17, 15) is 13.5 Å². The predicted octanol–water partition coefficient (Wildman–Crippen LogP) is 0.479. The number of phenolic OH excluding ortho intramolecular Hbond substituents is 1. The molecule has 15 heavy (non-hydrogen) atoms. The fourth-order valence-corrected chi connectivity index (χ4v) is 2.53. The van der Waals surface area contributed by atoms with Gasteiger partial charge in [0.1, 0.15) is 15.6 Å². The first kappa shape index (κ1) is 12.0. The molecule has 0 fully saturated rings. The Hall–Kier alpha value is -1.07. The van der Waals surface area contributed by atoms with Crippen LogP contribution in [0, 0.1) is 0 Å². The maximum Gasteiger partial charge on any atom is 0.148 e. The van der Waals surface area contributed by atoms with Crippen molar-refractivity contribution in [3.05, 3.63) is 29.8 Å². The second kappa shape index (κ2) is 4.63. The van der Waals surface area contributed by atoms with Crippen LogP contribution in [0.25, 0.3) is 0 Å². The van der Waals surface area contributed by atoms with Crippen molar-refractivity contribution in [2.24, 2.45) is 5.73 Å². The number of hydrogen-bond acceptors (Lipinski definition) is 4. The van der Waals surface area contributed by atoms with Crippen molar-refractivity contribution < 1.29 is 13.5 Å². The number of aromatic hydroxyl groups is 1. The molecule has 0 radical (unpaired) electrons. The molecule has 0 aliphatic rings. The summed E-state index contributed by atoms with van der Waals surface area (Å²) in [5.74, 6) is -0.293. The average molecular weight is 229 g/mol. The van der Waals surface area contributed by atoms with Gasteiger partial charge in [0.2, 0.25) is 0 Å². The standard InChI is InChI=1S/C10H15NO3S/c1-15(13,14)7-8(6-11)9-4-2-3-5-10(9)12/h2-5,8,12H,6-7,11H2,1H3. The van der Waals surface area contributed by atoms with Gasteiger partial charge in [-0.3, -0.25) is 0 Å². The Morgan fingerprint density at radius 3 is 2.47 bits per heavy atom. The molecule has 0 aliphatic carbocycles. The second-order valence-corrected chi connectivity index (χ2v) is 5.77. The number of sulfone groups is 1. The van der Waals surface area contributed by atoms with Crippen LogP contribution in [0.3, 0.4) is 0 Å². The van der Waals surface area contributed by atoms with Crippen molar-refractivity contribution in [1.82, 2.24) is 0 Å². The van der Waals surface area contributed by atoms with Gasteiger partial charge in [0.15, 0.2) is 0 Å². The highest BCUT2D eigenvalue weighted by Crippen LogP contribution is 2.25. The van der Waals surface area contributed by atoms with E-state index in [0.717, 1.165) is 6.26 Å². The van der Waals surface area contributed by atoms with Gasteiger partial charge in [-0.05, 0) is 11.6 Å². The van der Waals surface area contributed by atoms with Crippen molar-refractivity contribution in [2.45, 2.75) is 5.92 Å². The Labute approximate surface area is 89.7 Å². The molecule has 0 aromatic heterocycles. The molecule has 0 saturated carbocycles. The second-order valence-electron chi connectivity index (χ2n) is 3.58. The molecule has 3 N–H and O–H groups in total. The largest absolute Gasteiger partial charge is 0.508 e. The smallest absolute Gasteiger partial charge is 0.148 e. The van der Waals surface area contributed by atoms with Crippen molar-refractivity contribution >= 4 is 9.84 Å². The van der Waals surface area contributed by atoms with Crippen LogP contribution in [0.1, 0.15) is 11.5 Å². The lowest BCUT2D eigenvalue weighted by Crippen LogP contribution is -2.21. The van der Waals surface area contributed by atoms with Crippen LogP contribution in [0.4, 0.5) is 0 Å². The van der Waals surface area contributed by atoms with Crippen LogP contribution in [0.15, 0.2) is 24.3 Å². The van der Waals surface area contributed by atoms with Gasteiger partial charge in [-0.15, -0.1) is 0 Å². The van der Waals surface area contributed by atoms with Crippen LogP contribution >= 0.6 is 0 Å². The van der Waals surface area contributed by atoms with Gasteiger partial charge >= 0.3 is 0 Å². The summed E-state index contributed by atoms with van der Waals surface area (Å²) >= 11 is 0. The summed E-state index contributed by atoms with van der Waals surface area (Å²) in [5.41, 5.74) is 6.09. The number of rotatable bonds is 4. The first-order valence-electron chi connectivity index (χ1n) is 4.59. The quantitative estimate of drug-likeness (QED) is 0.787. The first-order chi connectivity index (χ1) is 6.94. The molecule has 0 amide bonds. The van der Waals surface area contributed by atoms with Gasteiger partial charge in [-0.25, -0.2) is 8.42 Å². The Morgan fingerprint density at radius 2 is 2.00 bits per heavy atom. The molecule has 4 nitrogen and oxygen atoms in total. The predicted molar refractivity (Wildman–Crippen MR) is 59.6 cm³/mol. The molecule has 5 heteroatoms. The average Bonchev–Trinajstić information content (AvgIpc) is 2.14. The Morgan fingerprint density at radius 1 is 1.40 bits per heavy atom. The summed E-state index contributed by atoms with van der Waals surface area (Å²) in [4.78, 5) is 0. The number of nitrogens with two attached hydrogens (primary N) is 1. The van der Waals surface area contributed by atoms with E-state index in [-0.39, 0.29) is 24.0 Å². The zero-order valence-electron chi connectivity index (χ0n) is 8.55. The van der Waals surface area contributed by atoms with Crippen LogP contribution in [-0.2, 0) is 9.84 Å². The molecule has 1 aromatic carbocycles. The molecule has 1 unspecified atom stereocenters. The fraction of sp³-hybridized carbons (Fsp3) is 0.400. The third-order valence-electron chi connectivity index (χ3n) is 2.17. The van der Waals surface area contributed by atoms with Gasteiger partial charge in [-0.1, -0.05) is 18.2 Å². The Kier molecular flexibility index (Phi) is 3.71. The molecule has 1 aromatic rings. The van der Waals surface area contributed by atoms with E-state index in [1.54, 1.807) is 18.2 Å². The van der Waals surface area contributed by atoms with E-state index >= 15 is 0 Å². The zero-order chi connectivity index (χ0) is 11.5. The maximum absolute atomic E-state index is 11.1. The first-order valence-corrected chi connectivity index (χ1v) is 6.66. The van der Waals surface area contributed by atoms with E-state index in [1.807, 2.05) is 0 Å². The fourth-order valence-electron chi connectivity index (χ4n) is 1.48. The highest BCUT2D eigenvalue weighted by atomic mass is 32.2. The summed E-state index contributed by atoms with van der Waals surface area (Å²) in [6.45, 7) is 0.199. The monoisotopic (exact) mass is 229 g/mol. The van der Waals surface area contributed by atoms with Crippen molar-refractivity contribution in [2.75, 3.05) is 18.6 Å². The minimum Gasteiger partial charge on any atom is -0.508 e. The van der Waals surface area contributed by atoms with Crippen LogP contribution in [0.5, 0.6) is 5.75 Å². The van der Waals surface area contributed by atoms with E-state index in [1.165, 1.54) is 6.07 Å². The normalized spacial score (nSPS) is 13.7. The number of para-hydroxylation sites is 1. The lowest BCUT2D eigenvalue weighted by atomic mass is 10.0. The summed E-state index contributed by atoms with van der Waals surface area (Å²) < 4.78 is 22.3. The number of phenols is 1. The van der Waals surface area contributed by atoms with Crippen molar-refractivity contribution in [3.8, 4) is 5.75 Å². The molecule has 0 saturated heterocycles. The molecule has 1 rings (SSSR count). The molecule has 84 valence electrons. The molecule has 0 aliphatic heterocycles. The third-order valence-corrected chi connectivity index (χ3v) is 3.17. The molecule has 0 heterocycles. The highest BCUT2D eigenvalue weighted by molar-refractivity contribution is 7.90. The third kappa shape index (κ3) is 3.53. The highest BCUT2D eigenvalue weighted by Gasteiger charge is 2.18. The summed E-state index contributed by atoms with van der Waals surface area (Å²) in [7, 11) is -3.09. The molecular weight excluding hydrogens is 214 g/mol. The summed E-state index contributed by atoms with van der Waals surface area (Å²) in [6.07, 6.45) is 1.16. The lowest BCUT2D eigenvalue weighted by Gasteiger charge is -2.15. The van der Waals surface area contributed by atoms with E-state index in [2.05, 4.69) is 0 Å². The molecular formula is C10H15NO3S. The molecule has 0 spiro atoms. The summed E-state index contributed by atoms with van der Waals surface area (Å²) in [6, 6.07) is 6.66. The van der Waals surface area contributed by atoms with E-state index in [4.69, 9.17) is 5.73 Å². The lowest BCUT2D eigenvalue weighted by molar-refractivity contribution is 0.463. The summed E-state index contributed by atoms with van der Waals surface area (Å²) in [5, 5.41) is 9.56. The van der Waals surface area contributed by atoms with E-state index in [0.29, 0.717) is 5.56 Å². The van der Waals surface area contributed by atoms with Gasteiger partial charge in [0.05, 0.1) is 5.75 Å². The van der Waals surface area contributed by atoms with Crippen LogP contribution < -0.4 is 5.73 Å². The van der Waals surface area contributed by atoms with Crippen LogP contribution in [0.2, 0.25) is 0 Å². The van der Waals surface area contributed by atoms with Gasteiger partial charge in [0, 0.05) is 18.7 Å². The minimum absolute atomic E-state index is 0.0406. The van der Waals surface area contributed by atoms with E-state index < -0.39 is 9.84 Å². The Bertz CT molecular complexity index is 428. The maximum atomic E-state index is 11.1. The van der Waals surface area contributed by atoms with Crippen molar-refractivity contribution in [3.63, 3.8) is 0 Å². The Balaban J connectivity index is 2.98. The van der Waals surface area contributed by atoms with Gasteiger partial charge in [-0.2, -0.15) is 0 Å².